The molecule has 0 saturated carbocycles. The summed E-state index contributed by atoms with van der Waals surface area (Å²) in [5.41, 5.74) is 1.13. The molecule has 0 aliphatic carbocycles. The standard InChI is InChI=1S/C23H20BrFN2O3/c1-14-5-7-16(13-18(14)25)23(9-11-30-20-4-3-10-26-21(20)23)27-22(28)15-6-8-19(29-2)17(24)12-15/h3-8,10,12-13H,9,11H2,1-2H3,(H,27,28)/t23-/m0/s1. The summed E-state index contributed by atoms with van der Waals surface area (Å²) in [6.07, 6.45) is 2.06. The van der Waals surface area contributed by atoms with E-state index in [1.54, 1.807) is 56.6 Å². The average molecular weight is 471 g/mol. The Morgan fingerprint density at radius 3 is 2.83 bits per heavy atom. The first-order valence-electron chi connectivity index (χ1n) is 9.45. The van der Waals surface area contributed by atoms with E-state index < -0.39 is 5.54 Å². The smallest absolute Gasteiger partial charge is 0.252 e. The van der Waals surface area contributed by atoms with Crippen LogP contribution in [0, 0.1) is 12.7 Å². The van der Waals surface area contributed by atoms with Crippen LogP contribution in [-0.2, 0) is 5.54 Å². The highest BCUT2D eigenvalue weighted by molar-refractivity contribution is 9.10. The van der Waals surface area contributed by atoms with Gasteiger partial charge in [-0.25, -0.2) is 4.39 Å². The molecule has 1 aliphatic heterocycles. The van der Waals surface area contributed by atoms with E-state index in [1.807, 2.05) is 6.07 Å². The normalized spacial score (nSPS) is 17.6. The highest BCUT2D eigenvalue weighted by Crippen LogP contribution is 2.41. The summed E-state index contributed by atoms with van der Waals surface area (Å²) in [7, 11) is 1.56. The molecular weight excluding hydrogens is 451 g/mol. The number of nitrogens with one attached hydrogen (secondary N) is 1. The molecule has 30 heavy (non-hydrogen) atoms. The number of methoxy groups -OCH3 is 1. The quantitative estimate of drug-likeness (QED) is 0.597. The van der Waals surface area contributed by atoms with Gasteiger partial charge in [0.2, 0.25) is 0 Å². The van der Waals surface area contributed by atoms with E-state index in [0.717, 1.165) is 0 Å². The van der Waals surface area contributed by atoms with E-state index in [-0.39, 0.29) is 11.7 Å². The minimum absolute atomic E-state index is 0.308. The van der Waals surface area contributed by atoms with Crippen LogP contribution in [0.15, 0.2) is 59.2 Å². The van der Waals surface area contributed by atoms with Crippen LogP contribution in [-0.4, -0.2) is 24.6 Å². The van der Waals surface area contributed by atoms with Crippen molar-refractivity contribution in [2.45, 2.75) is 18.9 Å². The summed E-state index contributed by atoms with van der Waals surface area (Å²) in [5, 5.41) is 3.12. The Bertz CT molecular complexity index is 1120. The van der Waals surface area contributed by atoms with Gasteiger partial charge in [0.1, 0.15) is 28.5 Å². The number of fused-ring (bicyclic) bond motifs is 1. The predicted molar refractivity (Wildman–Crippen MR) is 114 cm³/mol. The molecule has 1 aliphatic rings. The summed E-state index contributed by atoms with van der Waals surface area (Å²) in [6.45, 7) is 2.07. The minimum atomic E-state index is -1.02. The molecule has 0 fully saturated rings. The van der Waals surface area contributed by atoms with Crippen LogP contribution in [0.1, 0.15) is 33.6 Å². The molecule has 1 aromatic heterocycles. The Morgan fingerprint density at radius 1 is 1.27 bits per heavy atom. The fraction of sp³-hybridized carbons (Fsp3) is 0.217. The number of ether oxygens (including phenoxy) is 2. The maximum absolute atomic E-state index is 14.5. The molecule has 154 valence electrons. The molecule has 0 bridgehead atoms. The fourth-order valence-electron chi connectivity index (χ4n) is 3.67. The van der Waals surface area contributed by atoms with Crippen LogP contribution in [0.4, 0.5) is 4.39 Å². The zero-order chi connectivity index (χ0) is 21.3. The molecule has 3 aromatic rings. The summed E-state index contributed by atoms with van der Waals surface area (Å²) >= 11 is 3.42. The lowest BCUT2D eigenvalue weighted by Crippen LogP contribution is -2.50. The summed E-state index contributed by atoms with van der Waals surface area (Å²) < 4.78 is 26.2. The zero-order valence-corrected chi connectivity index (χ0v) is 18.1. The third-order valence-corrected chi connectivity index (χ3v) is 5.93. The van der Waals surface area contributed by atoms with Gasteiger partial charge < -0.3 is 14.8 Å². The Balaban J connectivity index is 1.82. The second kappa shape index (κ2) is 8.07. The van der Waals surface area contributed by atoms with E-state index in [4.69, 9.17) is 9.47 Å². The molecule has 7 heteroatoms. The van der Waals surface area contributed by atoms with Crippen LogP contribution in [0.5, 0.6) is 11.5 Å². The number of rotatable bonds is 4. The van der Waals surface area contributed by atoms with Crippen molar-refractivity contribution >= 4 is 21.8 Å². The number of aromatic nitrogens is 1. The van der Waals surface area contributed by atoms with Crippen LogP contribution in [0.2, 0.25) is 0 Å². The predicted octanol–water partition coefficient (Wildman–Crippen LogP) is 4.76. The van der Waals surface area contributed by atoms with Gasteiger partial charge in [0.25, 0.3) is 5.91 Å². The largest absolute Gasteiger partial charge is 0.496 e. The van der Waals surface area contributed by atoms with E-state index in [1.165, 1.54) is 6.07 Å². The first-order valence-corrected chi connectivity index (χ1v) is 10.2. The first-order chi connectivity index (χ1) is 14.4. The summed E-state index contributed by atoms with van der Waals surface area (Å²) in [4.78, 5) is 17.8. The van der Waals surface area contributed by atoms with Gasteiger partial charge in [-0.15, -0.1) is 0 Å². The van der Waals surface area contributed by atoms with Gasteiger partial charge in [-0.05, 0) is 70.4 Å². The molecule has 2 heterocycles. The van der Waals surface area contributed by atoms with Crippen molar-refractivity contribution in [1.29, 1.82) is 0 Å². The Hall–Kier alpha value is -2.93. The van der Waals surface area contributed by atoms with Gasteiger partial charge in [0, 0.05) is 18.2 Å². The molecule has 2 aromatic carbocycles. The molecule has 0 radical (unpaired) electrons. The fourth-order valence-corrected chi connectivity index (χ4v) is 4.21. The van der Waals surface area contributed by atoms with Gasteiger partial charge in [0.15, 0.2) is 0 Å². The van der Waals surface area contributed by atoms with Gasteiger partial charge in [-0.1, -0.05) is 12.1 Å². The number of nitrogens with zero attached hydrogens (tertiary/aromatic N) is 1. The van der Waals surface area contributed by atoms with Crippen molar-refractivity contribution in [3.05, 3.63) is 87.4 Å². The zero-order valence-electron chi connectivity index (χ0n) is 16.5. The van der Waals surface area contributed by atoms with Crippen LogP contribution < -0.4 is 14.8 Å². The third kappa shape index (κ3) is 3.54. The Kier molecular flexibility index (Phi) is 5.47. The van der Waals surface area contributed by atoms with E-state index in [2.05, 4.69) is 26.2 Å². The van der Waals surface area contributed by atoms with Crippen molar-refractivity contribution in [3.63, 3.8) is 0 Å². The topological polar surface area (TPSA) is 60.5 Å². The molecule has 0 spiro atoms. The number of hydrogen-bond donors (Lipinski definition) is 1. The number of carbonyl (C=O) groups excluding carboxylic acids is 1. The molecular formula is C23H20BrFN2O3. The van der Waals surface area contributed by atoms with Gasteiger partial charge in [-0.3, -0.25) is 9.78 Å². The lowest BCUT2D eigenvalue weighted by molar-refractivity contribution is 0.0883. The van der Waals surface area contributed by atoms with Crippen LogP contribution in [0.3, 0.4) is 0 Å². The maximum atomic E-state index is 14.5. The van der Waals surface area contributed by atoms with Crippen molar-refractivity contribution < 1.29 is 18.7 Å². The van der Waals surface area contributed by atoms with Crippen molar-refractivity contribution in [2.75, 3.05) is 13.7 Å². The van der Waals surface area contributed by atoms with Crippen LogP contribution in [0.25, 0.3) is 0 Å². The molecule has 1 N–H and O–H groups in total. The molecule has 1 amide bonds. The van der Waals surface area contributed by atoms with Gasteiger partial charge >= 0.3 is 0 Å². The molecule has 1 atom stereocenters. The number of halogens is 2. The highest BCUT2D eigenvalue weighted by atomic mass is 79.9. The lowest BCUT2D eigenvalue weighted by Gasteiger charge is -2.39. The first kappa shape index (κ1) is 20.3. The molecule has 0 unspecified atom stereocenters. The van der Waals surface area contributed by atoms with E-state index in [0.29, 0.717) is 51.4 Å². The number of amides is 1. The molecule has 0 saturated heterocycles. The third-order valence-electron chi connectivity index (χ3n) is 5.32. The van der Waals surface area contributed by atoms with Crippen molar-refractivity contribution in [3.8, 4) is 11.5 Å². The second-order valence-electron chi connectivity index (χ2n) is 7.12. The second-order valence-corrected chi connectivity index (χ2v) is 7.98. The maximum Gasteiger partial charge on any atom is 0.252 e. The monoisotopic (exact) mass is 470 g/mol. The minimum Gasteiger partial charge on any atom is -0.496 e. The highest BCUT2D eigenvalue weighted by Gasteiger charge is 2.42. The van der Waals surface area contributed by atoms with Crippen LogP contribution >= 0.6 is 15.9 Å². The number of carbonyl (C=O) groups is 1. The Morgan fingerprint density at radius 2 is 2.10 bits per heavy atom. The van der Waals surface area contributed by atoms with E-state index >= 15 is 0 Å². The number of pyridine rings is 1. The van der Waals surface area contributed by atoms with Crippen molar-refractivity contribution in [2.24, 2.45) is 0 Å². The Labute approximate surface area is 182 Å². The number of benzene rings is 2. The molecule has 4 rings (SSSR count). The average Bonchev–Trinajstić information content (AvgIpc) is 2.75. The van der Waals surface area contributed by atoms with Gasteiger partial charge in [-0.2, -0.15) is 0 Å². The summed E-state index contributed by atoms with van der Waals surface area (Å²) in [6, 6.07) is 13.7. The summed E-state index contributed by atoms with van der Waals surface area (Å²) in [5.74, 6) is 0.552. The lowest BCUT2D eigenvalue weighted by atomic mass is 9.80. The number of hydrogen-bond acceptors (Lipinski definition) is 4. The SMILES string of the molecule is COc1ccc(C(=O)N[C@]2(c3ccc(C)c(F)c3)CCOc3cccnc32)cc1Br. The molecule has 5 nitrogen and oxygen atoms in total. The van der Waals surface area contributed by atoms with Crippen molar-refractivity contribution in [1.82, 2.24) is 10.3 Å². The van der Waals surface area contributed by atoms with Gasteiger partial charge in [0.05, 0.1) is 18.2 Å². The number of aryl methyl sites for hydroxylation is 1. The van der Waals surface area contributed by atoms with E-state index in [9.17, 15) is 9.18 Å².